The first kappa shape index (κ1) is 12.0. The van der Waals surface area contributed by atoms with Gasteiger partial charge in [-0.1, -0.05) is 19.1 Å². The molecule has 0 aromatic heterocycles. The van der Waals surface area contributed by atoms with Gasteiger partial charge in [0.1, 0.15) is 5.82 Å². The Labute approximate surface area is 100 Å². The highest BCUT2D eigenvalue weighted by molar-refractivity contribution is 5.78. The summed E-state index contributed by atoms with van der Waals surface area (Å²) in [6.07, 6.45) is 0.937. The molecule has 1 fully saturated rings. The third-order valence-electron chi connectivity index (χ3n) is 3.39. The molecule has 3 nitrogen and oxygen atoms in total. The van der Waals surface area contributed by atoms with E-state index in [0.717, 1.165) is 12.0 Å². The molecule has 0 unspecified atom stereocenters. The normalized spacial score (nSPS) is 24.1. The molecule has 0 saturated carbocycles. The lowest BCUT2D eigenvalue weighted by Gasteiger charge is -2.27. The topological polar surface area (TPSA) is 46.3 Å². The Morgan fingerprint density at radius 1 is 1.59 bits per heavy atom. The van der Waals surface area contributed by atoms with Crippen molar-refractivity contribution in [3.8, 4) is 0 Å². The lowest BCUT2D eigenvalue weighted by molar-refractivity contribution is -0.130. The monoisotopic (exact) mass is 236 g/mol. The van der Waals surface area contributed by atoms with Gasteiger partial charge >= 0.3 is 0 Å². The maximum Gasteiger partial charge on any atom is 0.236 e. The fourth-order valence-corrected chi connectivity index (χ4v) is 2.54. The van der Waals surface area contributed by atoms with Crippen molar-refractivity contribution in [3.63, 3.8) is 0 Å². The van der Waals surface area contributed by atoms with Gasteiger partial charge in [-0.2, -0.15) is 0 Å². The van der Waals surface area contributed by atoms with E-state index in [-0.39, 0.29) is 24.3 Å². The van der Waals surface area contributed by atoms with Gasteiger partial charge in [0.25, 0.3) is 0 Å². The highest BCUT2D eigenvalue weighted by Gasteiger charge is 2.34. The zero-order valence-electron chi connectivity index (χ0n) is 9.90. The maximum atomic E-state index is 13.2. The molecule has 2 N–H and O–H groups in total. The second kappa shape index (κ2) is 4.84. The van der Waals surface area contributed by atoms with E-state index in [1.807, 2.05) is 6.07 Å². The van der Waals surface area contributed by atoms with Gasteiger partial charge in [-0.25, -0.2) is 4.39 Å². The standard InChI is InChI=1S/C13H17FN2O/c1-9-5-6-16(12(17)8-15)13(9)10-3-2-4-11(14)7-10/h2-4,7,9,13H,5-6,8,15H2,1H3/t9-,13+/m0/s1. The fraction of sp³-hybridized carbons (Fsp3) is 0.462. The summed E-state index contributed by atoms with van der Waals surface area (Å²) in [5, 5.41) is 0. The van der Waals surface area contributed by atoms with E-state index >= 15 is 0 Å². The van der Waals surface area contributed by atoms with Gasteiger partial charge < -0.3 is 10.6 Å². The van der Waals surface area contributed by atoms with Gasteiger partial charge in [-0.05, 0) is 30.0 Å². The number of carbonyl (C=O) groups is 1. The minimum Gasteiger partial charge on any atom is -0.334 e. The molecule has 1 aromatic rings. The van der Waals surface area contributed by atoms with Crippen molar-refractivity contribution in [1.29, 1.82) is 0 Å². The van der Waals surface area contributed by atoms with Gasteiger partial charge in [0, 0.05) is 6.54 Å². The van der Waals surface area contributed by atoms with E-state index < -0.39 is 0 Å². The molecule has 1 aliphatic rings. The van der Waals surface area contributed by atoms with E-state index in [9.17, 15) is 9.18 Å². The molecule has 0 spiro atoms. The molecule has 1 saturated heterocycles. The Kier molecular flexibility index (Phi) is 3.43. The van der Waals surface area contributed by atoms with E-state index in [0.29, 0.717) is 12.5 Å². The van der Waals surface area contributed by atoms with Crippen LogP contribution in [0.1, 0.15) is 24.9 Å². The van der Waals surface area contributed by atoms with Crippen LogP contribution in [0.5, 0.6) is 0 Å². The molecule has 0 aliphatic carbocycles. The third-order valence-corrected chi connectivity index (χ3v) is 3.39. The molecule has 1 aromatic carbocycles. The van der Waals surface area contributed by atoms with Crippen LogP contribution in [0, 0.1) is 11.7 Å². The second-order valence-corrected chi connectivity index (χ2v) is 4.56. The van der Waals surface area contributed by atoms with Crippen LogP contribution in [-0.2, 0) is 4.79 Å². The number of rotatable bonds is 2. The maximum absolute atomic E-state index is 13.2. The van der Waals surface area contributed by atoms with Crippen LogP contribution >= 0.6 is 0 Å². The van der Waals surface area contributed by atoms with Crippen molar-refractivity contribution < 1.29 is 9.18 Å². The first-order chi connectivity index (χ1) is 8.13. The lowest BCUT2D eigenvalue weighted by atomic mass is 9.95. The first-order valence-corrected chi connectivity index (χ1v) is 5.88. The highest BCUT2D eigenvalue weighted by Crippen LogP contribution is 2.36. The fourth-order valence-electron chi connectivity index (χ4n) is 2.54. The summed E-state index contributed by atoms with van der Waals surface area (Å²) in [4.78, 5) is 13.5. The van der Waals surface area contributed by atoms with E-state index in [1.54, 1.807) is 11.0 Å². The molecule has 4 heteroatoms. The van der Waals surface area contributed by atoms with Crippen molar-refractivity contribution in [3.05, 3.63) is 35.6 Å². The predicted octanol–water partition coefficient (Wildman–Crippen LogP) is 1.69. The van der Waals surface area contributed by atoms with Gasteiger partial charge in [0.2, 0.25) is 5.91 Å². The molecule has 0 radical (unpaired) electrons. The Hall–Kier alpha value is -1.42. The SMILES string of the molecule is C[C@H]1CCN(C(=O)CN)[C@H]1c1cccc(F)c1. The Bertz CT molecular complexity index is 422. The number of halogens is 1. The number of likely N-dealkylation sites (tertiary alicyclic amines) is 1. The molecular weight excluding hydrogens is 219 g/mol. The molecule has 2 atom stereocenters. The van der Waals surface area contributed by atoms with Crippen molar-refractivity contribution in [2.45, 2.75) is 19.4 Å². The predicted molar refractivity (Wildman–Crippen MR) is 63.7 cm³/mol. The summed E-state index contributed by atoms with van der Waals surface area (Å²) in [5.74, 6) is 0.0117. The summed E-state index contributed by atoms with van der Waals surface area (Å²) >= 11 is 0. The Morgan fingerprint density at radius 3 is 3.00 bits per heavy atom. The quantitative estimate of drug-likeness (QED) is 0.849. The summed E-state index contributed by atoms with van der Waals surface area (Å²) in [7, 11) is 0. The van der Waals surface area contributed by atoms with Crippen LogP contribution in [0.2, 0.25) is 0 Å². The zero-order valence-corrected chi connectivity index (χ0v) is 9.90. The minimum absolute atomic E-state index is 0.0124. The Morgan fingerprint density at radius 2 is 2.35 bits per heavy atom. The third kappa shape index (κ3) is 2.31. The largest absolute Gasteiger partial charge is 0.334 e. The first-order valence-electron chi connectivity index (χ1n) is 5.88. The summed E-state index contributed by atoms with van der Waals surface area (Å²) < 4.78 is 13.2. The molecule has 1 aliphatic heterocycles. The molecule has 0 bridgehead atoms. The average Bonchev–Trinajstić information content (AvgIpc) is 2.70. The summed E-state index contributed by atoms with van der Waals surface area (Å²) in [6.45, 7) is 2.80. The van der Waals surface area contributed by atoms with Crippen LogP contribution < -0.4 is 5.73 Å². The number of benzene rings is 1. The smallest absolute Gasteiger partial charge is 0.236 e. The van der Waals surface area contributed by atoms with E-state index in [1.165, 1.54) is 12.1 Å². The number of hydrogen-bond acceptors (Lipinski definition) is 2. The van der Waals surface area contributed by atoms with Crippen LogP contribution in [0.25, 0.3) is 0 Å². The summed E-state index contributed by atoms with van der Waals surface area (Å²) in [5.41, 5.74) is 6.26. The highest BCUT2D eigenvalue weighted by atomic mass is 19.1. The van der Waals surface area contributed by atoms with Gasteiger partial charge in [0.15, 0.2) is 0 Å². The molecule has 1 heterocycles. The molecular formula is C13H17FN2O. The van der Waals surface area contributed by atoms with Crippen LogP contribution in [0.15, 0.2) is 24.3 Å². The summed E-state index contributed by atoms with van der Waals surface area (Å²) in [6, 6.07) is 6.43. The average molecular weight is 236 g/mol. The van der Waals surface area contributed by atoms with Crippen molar-refractivity contribution in [2.24, 2.45) is 11.7 Å². The Balaban J connectivity index is 2.30. The number of carbonyl (C=O) groups excluding carboxylic acids is 1. The van der Waals surface area contributed by atoms with Crippen LogP contribution in [0.4, 0.5) is 4.39 Å². The number of amides is 1. The molecule has 17 heavy (non-hydrogen) atoms. The molecule has 1 amide bonds. The number of nitrogens with zero attached hydrogens (tertiary/aromatic N) is 1. The molecule has 2 rings (SSSR count). The minimum atomic E-state index is -0.262. The zero-order chi connectivity index (χ0) is 12.4. The number of hydrogen-bond donors (Lipinski definition) is 1. The van der Waals surface area contributed by atoms with Crippen LogP contribution in [0.3, 0.4) is 0 Å². The van der Waals surface area contributed by atoms with Gasteiger partial charge in [0.05, 0.1) is 12.6 Å². The van der Waals surface area contributed by atoms with Crippen LogP contribution in [-0.4, -0.2) is 23.9 Å². The lowest BCUT2D eigenvalue weighted by Crippen LogP contribution is -2.36. The van der Waals surface area contributed by atoms with Crippen molar-refractivity contribution in [1.82, 2.24) is 4.90 Å². The number of nitrogens with two attached hydrogens (primary N) is 1. The van der Waals surface area contributed by atoms with Crippen molar-refractivity contribution in [2.75, 3.05) is 13.1 Å². The van der Waals surface area contributed by atoms with E-state index in [4.69, 9.17) is 5.73 Å². The van der Waals surface area contributed by atoms with Gasteiger partial charge in [-0.15, -0.1) is 0 Å². The van der Waals surface area contributed by atoms with Gasteiger partial charge in [-0.3, -0.25) is 4.79 Å². The van der Waals surface area contributed by atoms with E-state index in [2.05, 4.69) is 6.92 Å². The van der Waals surface area contributed by atoms with Crippen molar-refractivity contribution >= 4 is 5.91 Å². The molecule has 92 valence electrons. The second-order valence-electron chi connectivity index (χ2n) is 4.56.